The molecule has 1 aliphatic heterocycles. The van der Waals surface area contributed by atoms with Crippen molar-refractivity contribution in [3.63, 3.8) is 0 Å². The van der Waals surface area contributed by atoms with Crippen molar-refractivity contribution < 1.29 is 48.5 Å². The fraction of sp³-hybridized carbons (Fsp3) is 0.677. The number of aromatic nitrogens is 2. The van der Waals surface area contributed by atoms with Crippen LogP contribution in [0.1, 0.15) is 85.3 Å². The minimum absolute atomic E-state index is 0.00748. The molecule has 0 spiro atoms. The molecule has 4 amide bonds. The third-order valence-corrected chi connectivity index (χ3v) is 7.77. The Morgan fingerprint density at radius 3 is 2.31 bits per heavy atom. The van der Waals surface area contributed by atoms with E-state index >= 15 is 0 Å². The van der Waals surface area contributed by atoms with Crippen LogP contribution in [0.2, 0.25) is 0 Å². The molecule has 6 atom stereocenters. The summed E-state index contributed by atoms with van der Waals surface area (Å²) in [6.45, 7) is 9.25. The molecular weight excluding hydrogens is 630 g/mol. The second-order valence-corrected chi connectivity index (χ2v) is 11.7. The van der Waals surface area contributed by atoms with E-state index in [0.717, 1.165) is 12.8 Å². The molecule has 2 heterocycles. The number of amides is 4. The molecule has 1 aromatic rings. The Morgan fingerprint density at radius 2 is 1.77 bits per heavy atom. The van der Waals surface area contributed by atoms with Crippen LogP contribution in [0.5, 0.6) is 0 Å². The largest absolute Gasteiger partial charge is 0.481 e. The van der Waals surface area contributed by atoms with Gasteiger partial charge in [0.2, 0.25) is 23.6 Å². The maximum atomic E-state index is 13.7. The van der Waals surface area contributed by atoms with E-state index in [1.165, 1.54) is 31.3 Å². The van der Waals surface area contributed by atoms with E-state index < -0.39 is 65.8 Å². The van der Waals surface area contributed by atoms with Crippen LogP contribution in [0.3, 0.4) is 0 Å². The maximum Gasteiger partial charge on any atom is 0.325 e. The monoisotopic (exact) mass is 681 g/mol. The number of esters is 1. The standard InChI is InChI=1S/C25H39N7O8.C6H12O2/c1-4-13(2)20(24(38)32-9-5-6-18(32)23(37)29-14(3)25(39)40)31-22(36)17(10-15-11-27-12-28-15)30-21(35)16(26)7-8-19(33)34;1-3-4-5-8-6(2)7/h11-14,16-18,20H,4-10,26H2,1-3H3,(H,27,28)(H,29,37)(H,30,35)(H,31,36)(H,33,34)(H,39,40);3-5H2,1-2H3/t13-,14+,16+,17+,18+,20+;/m1./s1. The zero-order valence-electron chi connectivity index (χ0n) is 28.3. The first-order valence-corrected chi connectivity index (χ1v) is 16.1. The highest BCUT2D eigenvalue weighted by Crippen LogP contribution is 2.22. The fourth-order valence-electron chi connectivity index (χ4n) is 4.66. The highest BCUT2D eigenvalue weighted by molar-refractivity contribution is 5.96. The number of unbranched alkanes of at least 4 members (excludes halogenated alkanes) is 1. The van der Waals surface area contributed by atoms with Gasteiger partial charge in [0.25, 0.3) is 0 Å². The average Bonchev–Trinajstić information content (AvgIpc) is 3.74. The molecule has 0 bridgehead atoms. The molecule has 0 unspecified atom stereocenters. The van der Waals surface area contributed by atoms with Gasteiger partial charge in [-0.1, -0.05) is 33.6 Å². The van der Waals surface area contributed by atoms with Crippen LogP contribution < -0.4 is 21.7 Å². The van der Waals surface area contributed by atoms with Gasteiger partial charge in [-0.15, -0.1) is 0 Å². The minimum Gasteiger partial charge on any atom is -0.481 e. The normalized spacial score (nSPS) is 17.0. The number of H-pyrrole nitrogens is 1. The predicted molar refractivity (Wildman–Crippen MR) is 172 cm³/mol. The van der Waals surface area contributed by atoms with Crippen molar-refractivity contribution in [2.75, 3.05) is 13.2 Å². The number of aromatic amines is 1. The van der Waals surface area contributed by atoms with Crippen LogP contribution in [0, 0.1) is 5.92 Å². The van der Waals surface area contributed by atoms with Crippen molar-refractivity contribution in [1.29, 1.82) is 0 Å². The van der Waals surface area contributed by atoms with Crippen LogP contribution >= 0.6 is 0 Å². The lowest BCUT2D eigenvalue weighted by Gasteiger charge is -2.32. The molecule has 17 heteroatoms. The molecule has 17 nitrogen and oxygen atoms in total. The first kappa shape index (κ1) is 41.5. The smallest absolute Gasteiger partial charge is 0.325 e. The van der Waals surface area contributed by atoms with Crippen molar-refractivity contribution in [3.05, 3.63) is 18.2 Å². The molecule has 270 valence electrons. The van der Waals surface area contributed by atoms with E-state index in [9.17, 15) is 33.6 Å². The summed E-state index contributed by atoms with van der Waals surface area (Å²) in [6, 6.07) is -5.39. The zero-order chi connectivity index (χ0) is 36.4. The van der Waals surface area contributed by atoms with Crippen LogP contribution in [-0.2, 0) is 44.7 Å². The maximum absolute atomic E-state index is 13.7. The molecule has 0 aliphatic carbocycles. The van der Waals surface area contributed by atoms with Gasteiger partial charge in [0.05, 0.1) is 19.0 Å². The molecule has 1 aromatic heterocycles. The summed E-state index contributed by atoms with van der Waals surface area (Å²) < 4.78 is 4.64. The van der Waals surface area contributed by atoms with Crippen LogP contribution in [0.4, 0.5) is 0 Å². The molecule has 8 N–H and O–H groups in total. The Labute approximate surface area is 280 Å². The summed E-state index contributed by atoms with van der Waals surface area (Å²) in [7, 11) is 0. The van der Waals surface area contributed by atoms with Gasteiger partial charge < -0.3 is 46.5 Å². The number of carboxylic acid groups (broad SMARTS) is 2. The Morgan fingerprint density at radius 1 is 1.08 bits per heavy atom. The summed E-state index contributed by atoms with van der Waals surface area (Å²) in [5.74, 6) is -5.33. The van der Waals surface area contributed by atoms with Gasteiger partial charge in [0, 0.05) is 38.2 Å². The van der Waals surface area contributed by atoms with E-state index in [0.29, 0.717) is 31.6 Å². The topological polar surface area (TPSA) is 263 Å². The van der Waals surface area contributed by atoms with Gasteiger partial charge in [-0.25, -0.2) is 4.98 Å². The highest BCUT2D eigenvalue weighted by atomic mass is 16.5. The number of rotatable bonds is 18. The molecule has 0 radical (unpaired) electrons. The summed E-state index contributed by atoms with van der Waals surface area (Å²) >= 11 is 0. The number of hydrogen-bond donors (Lipinski definition) is 7. The van der Waals surface area contributed by atoms with E-state index in [1.54, 1.807) is 6.92 Å². The van der Waals surface area contributed by atoms with Crippen LogP contribution in [0.25, 0.3) is 0 Å². The van der Waals surface area contributed by atoms with Gasteiger partial charge >= 0.3 is 17.9 Å². The highest BCUT2D eigenvalue weighted by Gasteiger charge is 2.40. The van der Waals surface area contributed by atoms with Gasteiger partial charge in [-0.3, -0.25) is 33.6 Å². The first-order valence-electron chi connectivity index (χ1n) is 16.1. The molecular formula is C31H51N7O10. The van der Waals surface area contributed by atoms with Crippen molar-refractivity contribution in [3.8, 4) is 0 Å². The third kappa shape index (κ3) is 14.5. The lowest BCUT2D eigenvalue weighted by atomic mass is 9.96. The number of hydrogen-bond acceptors (Lipinski definition) is 10. The van der Waals surface area contributed by atoms with Gasteiger partial charge in [-0.05, 0) is 38.5 Å². The summed E-state index contributed by atoms with van der Waals surface area (Å²) in [4.78, 5) is 92.8. The molecule has 0 aromatic carbocycles. The number of imidazole rings is 1. The Kier molecular flexibility index (Phi) is 18.5. The van der Waals surface area contributed by atoms with E-state index in [-0.39, 0.29) is 37.7 Å². The van der Waals surface area contributed by atoms with Crippen LogP contribution in [-0.4, -0.2) is 110 Å². The Hall–Kier alpha value is -4.54. The number of ether oxygens (including phenoxy) is 1. The molecule has 2 rings (SSSR count). The van der Waals surface area contributed by atoms with Crippen molar-refractivity contribution in [1.82, 2.24) is 30.8 Å². The third-order valence-electron chi connectivity index (χ3n) is 7.77. The summed E-state index contributed by atoms with van der Waals surface area (Å²) in [5.41, 5.74) is 6.35. The van der Waals surface area contributed by atoms with Crippen molar-refractivity contribution >= 4 is 41.5 Å². The Balaban J connectivity index is 0.00000127. The molecule has 1 aliphatic rings. The fourth-order valence-corrected chi connectivity index (χ4v) is 4.66. The number of carbonyl (C=O) groups excluding carboxylic acids is 5. The second kappa shape index (κ2) is 21.4. The number of carbonyl (C=O) groups is 7. The number of nitrogens with zero attached hydrogens (tertiary/aromatic N) is 2. The van der Waals surface area contributed by atoms with Gasteiger partial charge in [0.1, 0.15) is 24.2 Å². The lowest BCUT2D eigenvalue weighted by Crippen LogP contribution is -2.60. The van der Waals surface area contributed by atoms with Gasteiger partial charge in [-0.2, -0.15) is 0 Å². The molecule has 0 saturated carbocycles. The number of carboxylic acids is 2. The summed E-state index contributed by atoms with van der Waals surface area (Å²) in [6.07, 6.45) is 5.84. The number of aliphatic carboxylic acids is 2. The van der Waals surface area contributed by atoms with E-state index in [1.807, 2.05) is 6.92 Å². The number of likely N-dealkylation sites (tertiary alicyclic amines) is 1. The Bertz CT molecular complexity index is 1230. The first-order chi connectivity index (χ1) is 22.6. The second-order valence-electron chi connectivity index (χ2n) is 11.7. The van der Waals surface area contributed by atoms with Crippen LogP contribution in [0.15, 0.2) is 12.5 Å². The minimum atomic E-state index is -1.21. The van der Waals surface area contributed by atoms with E-state index in [4.69, 9.17) is 15.9 Å². The van der Waals surface area contributed by atoms with Crippen molar-refractivity contribution in [2.24, 2.45) is 11.7 Å². The predicted octanol–water partition coefficient (Wildman–Crippen LogP) is 0.0899. The van der Waals surface area contributed by atoms with Gasteiger partial charge in [0.15, 0.2) is 0 Å². The zero-order valence-corrected chi connectivity index (χ0v) is 28.3. The quantitative estimate of drug-likeness (QED) is 0.0803. The number of nitrogens with one attached hydrogen (secondary N) is 4. The molecule has 48 heavy (non-hydrogen) atoms. The average molecular weight is 682 g/mol. The molecule has 1 fully saturated rings. The van der Waals surface area contributed by atoms with E-state index in [2.05, 4.69) is 37.6 Å². The lowest BCUT2D eigenvalue weighted by molar-refractivity contribution is -0.145. The van der Waals surface area contributed by atoms with Crippen molar-refractivity contribution in [2.45, 2.75) is 116 Å². The molecule has 1 saturated heterocycles. The SMILES string of the molecule is CCCCOC(C)=O.CC[C@@H](C)[C@H](NC(=O)[C@H](Cc1cnc[nH]1)NC(=O)[C@@H](N)CCC(=O)O)C(=O)N1CCC[C@H]1C(=O)N[C@@H](C)C(=O)O. The summed E-state index contributed by atoms with van der Waals surface area (Å²) in [5, 5.41) is 25.7. The number of nitrogens with two attached hydrogens (primary N) is 1.